The van der Waals surface area contributed by atoms with Gasteiger partial charge in [-0.25, -0.2) is 14.3 Å². The molecule has 1 aliphatic heterocycles. The molecular formula is C22H24N2O7. The van der Waals surface area contributed by atoms with Crippen LogP contribution < -0.4 is 9.47 Å². The van der Waals surface area contributed by atoms with Crippen molar-refractivity contribution in [2.24, 2.45) is 0 Å². The maximum atomic E-state index is 13.0. The van der Waals surface area contributed by atoms with E-state index in [-0.39, 0.29) is 42.8 Å². The van der Waals surface area contributed by atoms with Gasteiger partial charge in [0.05, 0.1) is 13.2 Å². The quantitative estimate of drug-likeness (QED) is 0.467. The van der Waals surface area contributed by atoms with E-state index in [1.807, 2.05) is 0 Å². The summed E-state index contributed by atoms with van der Waals surface area (Å²) in [6.07, 6.45) is 1.67. The maximum absolute atomic E-state index is 13.0. The highest BCUT2D eigenvalue weighted by Crippen LogP contribution is 2.44. The van der Waals surface area contributed by atoms with Gasteiger partial charge in [0.2, 0.25) is 0 Å². The van der Waals surface area contributed by atoms with Crippen LogP contribution in [0, 0.1) is 0 Å². The second kappa shape index (κ2) is 8.79. The zero-order valence-electron chi connectivity index (χ0n) is 17.5. The van der Waals surface area contributed by atoms with Crippen LogP contribution in [0.25, 0.3) is 0 Å². The number of carbonyl (C=O) groups is 3. The number of hydrogen-bond acceptors (Lipinski definition) is 8. The molecule has 4 rings (SSSR count). The molecule has 1 fully saturated rings. The predicted octanol–water partition coefficient (Wildman–Crippen LogP) is 2.77. The molecule has 1 aromatic heterocycles. The van der Waals surface area contributed by atoms with Gasteiger partial charge in [-0.3, -0.25) is 4.79 Å². The maximum Gasteiger partial charge on any atom is 0.359 e. The summed E-state index contributed by atoms with van der Waals surface area (Å²) in [6.45, 7) is 4.37. The molecule has 0 bridgehead atoms. The van der Waals surface area contributed by atoms with Gasteiger partial charge in [0.25, 0.3) is 0 Å². The minimum Gasteiger partial charge on any atom is -0.486 e. The fourth-order valence-corrected chi connectivity index (χ4v) is 3.56. The summed E-state index contributed by atoms with van der Waals surface area (Å²) < 4.78 is 22.6. The van der Waals surface area contributed by atoms with E-state index in [9.17, 15) is 14.4 Å². The first-order chi connectivity index (χ1) is 15.0. The van der Waals surface area contributed by atoms with Gasteiger partial charge in [0, 0.05) is 11.1 Å². The number of fused-ring (bicyclic) bond motifs is 1. The highest BCUT2D eigenvalue weighted by molar-refractivity contribution is 5.99. The van der Waals surface area contributed by atoms with Crippen molar-refractivity contribution in [3.63, 3.8) is 0 Å². The zero-order valence-corrected chi connectivity index (χ0v) is 17.5. The van der Waals surface area contributed by atoms with Gasteiger partial charge in [-0.15, -0.1) is 0 Å². The lowest BCUT2D eigenvalue weighted by molar-refractivity contribution is 0.0505. The van der Waals surface area contributed by atoms with Crippen molar-refractivity contribution in [2.45, 2.75) is 39.2 Å². The first-order valence-corrected chi connectivity index (χ1v) is 10.4. The van der Waals surface area contributed by atoms with E-state index >= 15 is 0 Å². The molecule has 0 N–H and O–H groups in total. The number of ketones is 1. The molecule has 0 radical (unpaired) electrons. The average Bonchev–Trinajstić information content (AvgIpc) is 3.54. The topological polar surface area (TPSA) is 106 Å². The Morgan fingerprint density at radius 2 is 1.71 bits per heavy atom. The Bertz CT molecular complexity index is 1020. The number of carbonyl (C=O) groups excluding carboxylic acids is 3. The van der Waals surface area contributed by atoms with E-state index < -0.39 is 11.9 Å². The van der Waals surface area contributed by atoms with E-state index in [1.54, 1.807) is 32.0 Å². The third-order valence-corrected chi connectivity index (χ3v) is 5.07. The molecule has 0 saturated heterocycles. The van der Waals surface area contributed by atoms with Crippen molar-refractivity contribution in [3.05, 3.63) is 40.7 Å². The highest BCUT2D eigenvalue weighted by Gasteiger charge is 2.38. The predicted molar refractivity (Wildman–Crippen MR) is 108 cm³/mol. The molecule has 164 valence electrons. The number of hydrogen-bond donors (Lipinski definition) is 0. The molecule has 0 unspecified atom stereocenters. The summed E-state index contributed by atoms with van der Waals surface area (Å²) in [5.41, 5.74) is 1.10. The largest absolute Gasteiger partial charge is 0.486 e. The molecule has 1 aromatic carbocycles. The lowest BCUT2D eigenvalue weighted by Crippen LogP contribution is -2.20. The lowest BCUT2D eigenvalue weighted by Gasteiger charge is -2.18. The number of rotatable bonds is 8. The summed E-state index contributed by atoms with van der Waals surface area (Å²) in [6, 6.07) is 4.92. The third-order valence-electron chi connectivity index (χ3n) is 5.07. The van der Waals surface area contributed by atoms with Crippen molar-refractivity contribution >= 4 is 17.7 Å². The average molecular weight is 428 g/mol. The molecule has 1 saturated carbocycles. The number of aromatic nitrogens is 2. The second-order valence-electron chi connectivity index (χ2n) is 7.27. The van der Waals surface area contributed by atoms with Gasteiger partial charge in [0.1, 0.15) is 19.8 Å². The number of Topliss-reactive ketones (excluding diaryl/α,β-unsaturated/α-hetero) is 1. The van der Waals surface area contributed by atoms with Gasteiger partial charge in [-0.1, -0.05) is 0 Å². The van der Waals surface area contributed by atoms with Crippen LogP contribution in [0.15, 0.2) is 18.2 Å². The Morgan fingerprint density at radius 1 is 1.03 bits per heavy atom. The van der Waals surface area contributed by atoms with E-state index in [4.69, 9.17) is 18.9 Å². The lowest BCUT2D eigenvalue weighted by atomic mass is 10.1. The Hall–Kier alpha value is -3.36. The third kappa shape index (κ3) is 4.26. The standard InChI is InChI=1S/C22H24N2O7/c1-3-28-21(26)19-18(13-5-6-13)20(22(27)29-4-2)24(23-19)12-15(25)14-7-8-16-17(11-14)31-10-9-30-16/h7-8,11,13H,3-6,9-10,12H2,1-2H3. The smallest absolute Gasteiger partial charge is 0.359 e. The molecule has 9 nitrogen and oxygen atoms in total. The van der Waals surface area contributed by atoms with Crippen LogP contribution in [-0.4, -0.2) is 53.9 Å². The molecule has 2 aliphatic rings. The molecule has 9 heteroatoms. The number of nitrogens with zero attached hydrogens (tertiary/aromatic N) is 2. The molecule has 2 heterocycles. The van der Waals surface area contributed by atoms with Gasteiger partial charge in [0.15, 0.2) is 28.7 Å². The Labute approximate surface area is 179 Å². The fraction of sp³-hybridized carbons (Fsp3) is 0.455. The van der Waals surface area contributed by atoms with Gasteiger partial charge in [-0.05, 0) is 50.8 Å². The van der Waals surface area contributed by atoms with Crippen LogP contribution >= 0.6 is 0 Å². The first-order valence-electron chi connectivity index (χ1n) is 10.4. The first kappa shape index (κ1) is 20.9. The Balaban J connectivity index is 1.69. The second-order valence-corrected chi connectivity index (χ2v) is 7.27. The normalized spacial score (nSPS) is 14.8. The summed E-state index contributed by atoms with van der Waals surface area (Å²) in [7, 11) is 0. The minimum absolute atomic E-state index is 0.0250. The molecule has 2 aromatic rings. The van der Waals surface area contributed by atoms with E-state index in [1.165, 1.54) is 4.68 Å². The monoisotopic (exact) mass is 428 g/mol. The van der Waals surface area contributed by atoms with Crippen LogP contribution in [0.5, 0.6) is 11.5 Å². The van der Waals surface area contributed by atoms with Crippen molar-refractivity contribution in [3.8, 4) is 11.5 Å². The fourth-order valence-electron chi connectivity index (χ4n) is 3.56. The van der Waals surface area contributed by atoms with Crippen LogP contribution in [0.4, 0.5) is 0 Å². The van der Waals surface area contributed by atoms with Crippen molar-refractivity contribution in [1.29, 1.82) is 0 Å². The van der Waals surface area contributed by atoms with Crippen LogP contribution in [0.3, 0.4) is 0 Å². The van der Waals surface area contributed by atoms with E-state index in [0.717, 1.165) is 12.8 Å². The summed E-state index contributed by atoms with van der Waals surface area (Å²) >= 11 is 0. The minimum atomic E-state index is -0.611. The van der Waals surface area contributed by atoms with Crippen molar-refractivity contribution in [2.75, 3.05) is 26.4 Å². The van der Waals surface area contributed by atoms with Crippen molar-refractivity contribution < 1.29 is 33.3 Å². The SMILES string of the molecule is CCOC(=O)c1nn(CC(=O)c2ccc3c(c2)OCCO3)c(C(=O)OCC)c1C1CC1. The molecule has 1 aliphatic carbocycles. The molecule has 31 heavy (non-hydrogen) atoms. The van der Waals surface area contributed by atoms with E-state index in [2.05, 4.69) is 5.10 Å². The van der Waals surface area contributed by atoms with Gasteiger partial charge >= 0.3 is 11.9 Å². The summed E-state index contributed by atoms with van der Waals surface area (Å²) in [5.74, 6) is -0.411. The van der Waals surface area contributed by atoms with Crippen LogP contribution in [-0.2, 0) is 16.0 Å². The Kier molecular flexibility index (Phi) is 5.92. The van der Waals surface area contributed by atoms with Gasteiger partial charge in [-0.2, -0.15) is 5.10 Å². The zero-order chi connectivity index (χ0) is 22.0. The number of esters is 2. The van der Waals surface area contributed by atoms with Crippen LogP contribution in [0.1, 0.15) is 69.5 Å². The van der Waals surface area contributed by atoms with Gasteiger partial charge < -0.3 is 18.9 Å². The molecule has 0 spiro atoms. The summed E-state index contributed by atoms with van der Waals surface area (Å²) in [5, 5.41) is 4.31. The number of ether oxygens (including phenoxy) is 4. The Morgan fingerprint density at radius 3 is 2.39 bits per heavy atom. The number of benzene rings is 1. The summed E-state index contributed by atoms with van der Waals surface area (Å²) in [4.78, 5) is 38.2. The van der Waals surface area contributed by atoms with Crippen LogP contribution in [0.2, 0.25) is 0 Å². The van der Waals surface area contributed by atoms with Crippen molar-refractivity contribution in [1.82, 2.24) is 9.78 Å². The molecule has 0 atom stereocenters. The van der Waals surface area contributed by atoms with E-state index in [0.29, 0.717) is 35.8 Å². The highest BCUT2D eigenvalue weighted by atomic mass is 16.6. The molecule has 0 amide bonds. The molecular weight excluding hydrogens is 404 g/mol.